The molecule has 0 unspecified atom stereocenters. The maximum Gasteiger partial charge on any atom is 0.332 e. The second kappa shape index (κ2) is 5.38. The summed E-state index contributed by atoms with van der Waals surface area (Å²) in [5, 5.41) is 13.8. The minimum absolute atomic E-state index is 0.0257. The quantitative estimate of drug-likeness (QED) is 0.532. The number of aromatic nitrogens is 2. The number of anilines is 2. The summed E-state index contributed by atoms with van der Waals surface area (Å²) in [7, 11) is 0. The fourth-order valence-corrected chi connectivity index (χ4v) is 1.94. The normalized spacial score (nSPS) is 10.4. The van der Waals surface area contributed by atoms with Crippen molar-refractivity contribution < 1.29 is 9.31 Å². The van der Waals surface area contributed by atoms with Crippen LogP contribution in [-0.4, -0.2) is 14.9 Å². The highest BCUT2D eigenvalue weighted by atomic mass is 35.5. The minimum Gasteiger partial charge on any atom is -0.334 e. The highest BCUT2D eigenvalue weighted by Gasteiger charge is 2.22. The molecule has 1 N–H and O–H groups in total. The van der Waals surface area contributed by atoms with Gasteiger partial charge in [0.05, 0.1) is 4.92 Å². The molecule has 0 aliphatic rings. The predicted octanol–water partition coefficient (Wildman–Crippen LogP) is 3.54. The van der Waals surface area contributed by atoms with E-state index in [2.05, 4.69) is 15.3 Å². The summed E-state index contributed by atoms with van der Waals surface area (Å²) in [5.74, 6) is -0.415. The molecule has 0 atom stereocenters. The number of nitrogens with zero attached hydrogens (tertiary/aromatic N) is 3. The van der Waals surface area contributed by atoms with E-state index < -0.39 is 4.92 Å². The van der Waals surface area contributed by atoms with Crippen molar-refractivity contribution in [1.29, 1.82) is 0 Å². The first-order valence-corrected chi connectivity index (χ1v) is 5.98. The summed E-state index contributed by atoms with van der Waals surface area (Å²) in [4.78, 5) is 18.0. The molecule has 0 radical (unpaired) electrons. The topological polar surface area (TPSA) is 81.0 Å². The molecule has 0 saturated heterocycles. The van der Waals surface area contributed by atoms with Crippen LogP contribution in [0.25, 0.3) is 0 Å². The van der Waals surface area contributed by atoms with E-state index in [0.29, 0.717) is 11.3 Å². The molecule has 0 aliphatic carbocycles. The first-order chi connectivity index (χ1) is 9.38. The third kappa shape index (κ3) is 2.83. The van der Waals surface area contributed by atoms with Gasteiger partial charge in [-0.2, -0.15) is 4.98 Å². The molecule has 104 valence electrons. The van der Waals surface area contributed by atoms with Crippen LogP contribution in [0.5, 0.6) is 0 Å². The number of rotatable bonds is 3. The number of nitro groups is 1. The molecule has 0 spiro atoms. The van der Waals surface area contributed by atoms with Crippen LogP contribution in [0.15, 0.2) is 18.2 Å². The van der Waals surface area contributed by atoms with E-state index in [9.17, 15) is 14.5 Å². The summed E-state index contributed by atoms with van der Waals surface area (Å²) in [6.07, 6.45) is 0. The zero-order chi connectivity index (χ0) is 14.9. The zero-order valence-electron chi connectivity index (χ0n) is 10.6. The molecule has 0 aliphatic heterocycles. The van der Waals surface area contributed by atoms with E-state index in [1.54, 1.807) is 6.92 Å². The van der Waals surface area contributed by atoms with E-state index in [1.807, 2.05) is 0 Å². The fourth-order valence-electron chi connectivity index (χ4n) is 1.73. The zero-order valence-corrected chi connectivity index (χ0v) is 11.4. The Balaban J connectivity index is 2.50. The Morgan fingerprint density at radius 2 is 2.05 bits per heavy atom. The molecule has 2 rings (SSSR count). The number of aryl methyl sites for hydroxylation is 2. The minimum atomic E-state index is -0.590. The smallest absolute Gasteiger partial charge is 0.332 e. The van der Waals surface area contributed by atoms with Crippen molar-refractivity contribution in [2.75, 3.05) is 5.32 Å². The maximum absolute atomic E-state index is 13.0. The lowest BCUT2D eigenvalue weighted by Crippen LogP contribution is -2.05. The van der Waals surface area contributed by atoms with Gasteiger partial charge in [-0.3, -0.25) is 10.1 Å². The van der Waals surface area contributed by atoms with Crippen molar-refractivity contribution in [3.63, 3.8) is 0 Å². The Morgan fingerprint density at radius 1 is 1.35 bits per heavy atom. The number of hydrogen-bond donors (Lipinski definition) is 1. The van der Waals surface area contributed by atoms with Crippen LogP contribution in [0.1, 0.15) is 11.3 Å². The first-order valence-electron chi connectivity index (χ1n) is 5.60. The average Bonchev–Trinajstić information content (AvgIpc) is 2.31. The third-order valence-electron chi connectivity index (χ3n) is 2.66. The summed E-state index contributed by atoms with van der Waals surface area (Å²) >= 11 is 5.71. The van der Waals surface area contributed by atoms with Crippen molar-refractivity contribution in [1.82, 2.24) is 9.97 Å². The summed E-state index contributed by atoms with van der Waals surface area (Å²) in [6.45, 7) is 3.14. The lowest BCUT2D eigenvalue weighted by molar-refractivity contribution is -0.385. The SMILES string of the molecule is Cc1cc(F)ccc1Nc1nc(Cl)nc(C)c1[N+](=O)[O-]. The lowest BCUT2D eigenvalue weighted by atomic mass is 10.2. The summed E-state index contributed by atoms with van der Waals surface area (Å²) in [5.41, 5.74) is 0.978. The monoisotopic (exact) mass is 296 g/mol. The second-order valence-electron chi connectivity index (χ2n) is 4.12. The summed E-state index contributed by atoms with van der Waals surface area (Å²) < 4.78 is 13.0. The average molecular weight is 297 g/mol. The van der Waals surface area contributed by atoms with Gasteiger partial charge in [0.1, 0.15) is 11.5 Å². The molecule has 0 amide bonds. The molecular formula is C12H10ClFN4O2. The van der Waals surface area contributed by atoms with Crippen LogP contribution in [0.2, 0.25) is 5.28 Å². The Hall–Kier alpha value is -2.28. The van der Waals surface area contributed by atoms with Crippen LogP contribution in [-0.2, 0) is 0 Å². The van der Waals surface area contributed by atoms with E-state index in [4.69, 9.17) is 11.6 Å². The molecule has 1 heterocycles. The van der Waals surface area contributed by atoms with E-state index in [0.717, 1.165) is 0 Å². The van der Waals surface area contributed by atoms with Gasteiger partial charge in [-0.25, -0.2) is 9.37 Å². The number of benzene rings is 1. The summed E-state index contributed by atoms with van der Waals surface area (Å²) in [6, 6.07) is 4.03. The molecule has 0 bridgehead atoms. The molecule has 6 nitrogen and oxygen atoms in total. The largest absolute Gasteiger partial charge is 0.334 e. The van der Waals surface area contributed by atoms with Gasteiger partial charge < -0.3 is 5.32 Å². The van der Waals surface area contributed by atoms with Gasteiger partial charge in [0, 0.05) is 5.69 Å². The van der Waals surface area contributed by atoms with Crippen LogP contribution in [0.3, 0.4) is 0 Å². The molecule has 0 saturated carbocycles. The van der Waals surface area contributed by atoms with Gasteiger partial charge in [-0.05, 0) is 49.2 Å². The van der Waals surface area contributed by atoms with Crippen molar-refractivity contribution >= 4 is 28.8 Å². The van der Waals surface area contributed by atoms with Gasteiger partial charge in [0.2, 0.25) is 11.1 Å². The number of halogens is 2. The van der Waals surface area contributed by atoms with Crippen molar-refractivity contribution in [3.05, 3.63) is 50.7 Å². The molecular weight excluding hydrogens is 287 g/mol. The van der Waals surface area contributed by atoms with Crippen molar-refractivity contribution in [2.45, 2.75) is 13.8 Å². The van der Waals surface area contributed by atoms with Crippen LogP contribution in [0, 0.1) is 29.8 Å². The van der Waals surface area contributed by atoms with Gasteiger partial charge in [-0.15, -0.1) is 0 Å². The highest BCUT2D eigenvalue weighted by molar-refractivity contribution is 6.28. The molecule has 8 heteroatoms. The second-order valence-corrected chi connectivity index (χ2v) is 4.45. The lowest BCUT2D eigenvalue weighted by Gasteiger charge is -2.10. The Morgan fingerprint density at radius 3 is 2.65 bits per heavy atom. The fraction of sp³-hybridized carbons (Fsp3) is 0.167. The van der Waals surface area contributed by atoms with Crippen LogP contribution in [0.4, 0.5) is 21.6 Å². The van der Waals surface area contributed by atoms with Gasteiger partial charge in [0.25, 0.3) is 0 Å². The van der Waals surface area contributed by atoms with Crippen LogP contribution < -0.4 is 5.32 Å². The number of hydrogen-bond acceptors (Lipinski definition) is 5. The van der Waals surface area contributed by atoms with Crippen molar-refractivity contribution in [2.24, 2.45) is 0 Å². The van der Waals surface area contributed by atoms with Crippen molar-refractivity contribution in [3.8, 4) is 0 Å². The highest BCUT2D eigenvalue weighted by Crippen LogP contribution is 2.30. The Kier molecular flexibility index (Phi) is 3.80. The molecule has 1 aromatic carbocycles. The first kappa shape index (κ1) is 14.1. The maximum atomic E-state index is 13.0. The van der Waals surface area contributed by atoms with Gasteiger partial charge >= 0.3 is 5.69 Å². The molecule has 20 heavy (non-hydrogen) atoms. The van der Waals surface area contributed by atoms with E-state index >= 15 is 0 Å². The van der Waals surface area contributed by atoms with Crippen LogP contribution >= 0.6 is 11.6 Å². The number of nitrogens with one attached hydrogen (secondary N) is 1. The standard InChI is InChI=1S/C12H10ClFN4O2/c1-6-5-8(14)3-4-9(6)16-11-10(18(19)20)7(2)15-12(13)17-11/h3-5H,1-2H3,(H,15,16,17). The van der Waals surface area contributed by atoms with Gasteiger partial charge in [0.15, 0.2) is 0 Å². The molecule has 0 fully saturated rings. The van der Waals surface area contributed by atoms with E-state index in [1.165, 1.54) is 25.1 Å². The Bertz CT molecular complexity index is 693. The molecule has 2 aromatic rings. The predicted molar refractivity (Wildman–Crippen MR) is 72.9 cm³/mol. The van der Waals surface area contributed by atoms with E-state index in [-0.39, 0.29) is 28.3 Å². The molecule has 1 aromatic heterocycles. The third-order valence-corrected chi connectivity index (χ3v) is 2.82. The Labute approximate surface area is 118 Å². The van der Waals surface area contributed by atoms with Gasteiger partial charge in [-0.1, -0.05) is 0 Å².